The lowest BCUT2D eigenvalue weighted by Crippen LogP contribution is -1.93. The molecule has 0 fully saturated rings. The summed E-state index contributed by atoms with van der Waals surface area (Å²) in [5, 5.41) is 14.5. The van der Waals surface area contributed by atoms with E-state index < -0.39 is 0 Å². The first-order chi connectivity index (χ1) is 19.8. The van der Waals surface area contributed by atoms with Crippen LogP contribution in [0, 0.1) is 11.3 Å². The normalized spacial score (nSPS) is 11.5. The second kappa shape index (κ2) is 8.73. The number of para-hydroxylation sites is 3. The number of nitriles is 1. The molecule has 40 heavy (non-hydrogen) atoms. The van der Waals surface area contributed by atoms with Gasteiger partial charge < -0.3 is 9.13 Å². The summed E-state index contributed by atoms with van der Waals surface area (Å²) in [5.74, 6) is 0. The topological polar surface area (TPSA) is 33.6 Å². The van der Waals surface area contributed by atoms with Crippen LogP contribution in [0.25, 0.3) is 66.1 Å². The first-order valence-electron chi connectivity index (χ1n) is 13.4. The lowest BCUT2D eigenvalue weighted by molar-refractivity contribution is 1.18. The van der Waals surface area contributed by atoms with E-state index in [1.807, 2.05) is 18.2 Å². The molecule has 0 N–H and O–H groups in total. The molecule has 0 spiro atoms. The average Bonchev–Trinajstić information content (AvgIpc) is 3.54. The molecule has 0 amide bonds. The van der Waals surface area contributed by atoms with Crippen molar-refractivity contribution in [3.63, 3.8) is 0 Å². The molecule has 3 nitrogen and oxygen atoms in total. The van der Waals surface area contributed by atoms with E-state index in [9.17, 15) is 5.26 Å². The monoisotopic (exact) mass is 509 g/mol. The van der Waals surface area contributed by atoms with Gasteiger partial charge in [0.1, 0.15) is 0 Å². The molecule has 0 aliphatic carbocycles. The van der Waals surface area contributed by atoms with Gasteiger partial charge in [0.2, 0.25) is 0 Å². The minimum atomic E-state index is 0.657. The Morgan fingerprint density at radius 2 is 1.10 bits per heavy atom. The molecule has 3 heteroatoms. The second-order valence-electron chi connectivity index (χ2n) is 10.1. The Labute approximate surface area is 231 Å². The summed E-state index contributed by atoms with van der Waals surface area (Å²) in [5.41, 5.74) is 9.79. The number of hydrogen-bond donors (Lipinski definition) is 0. The van der Waals surface area contributed by atoms with Crippen LogP contribution in [0.5, 0.6) is 0 Å². The molecule has 0 aliphatic rings. The molecule has 6 aromatic carbocycles. The predicted octanol–water partition coefficient (Wildman–Crippen LogP) is 9.42. The number of fused-ring (bicyclic) bond motifs is 6. The molecular weight excluding hydrogens is 486 g/mol. The molecule has 0 saturated carbocycles. The summed E-state index contributed by atoms with van der Waals surface area (Å²) < 4.78 is 4.62. The molecular formula is C37H23N3. The van der Waals surface area contributed by atoms with Crippen LogP contribution in [0.1, 0.15) is 5.56 Å². The van der Waals surface area contributed by atoms with Crippen LogP contribution in [-0.4, -0.2) is 9.13 Å². The molecule has 0 aliphatic heterocycles. The summed E-state index contributed by atoms with van der Waals surface area (Å²) in [6, 6.07) is 51.3. The molecule has 2 aromatic heterocycles. The van der Waals surface area contributed by atoms with Crippen LogP contribution in [0.4, 0.5) is 0 Å². The van der Waals surface area contributed by atoms with Crippen molar-refractivity contribution < 1.29 is 0 Å². The Bertz CT molecular complexity index is 2260. The molecule has 8 rings (SSSR count). The average molecular weight is 510 g/mol. The first-order valence-corrected chi connectivity index (χ1v) is 13.4. The highest BCUT2D eigenvalue weighted by Crippen LogP contribution is 2.41. The summed E-state index contributed by atoms with van der Waals surface area (Å²) in [6.07, 6.45) is 0. The van der Waals surface area contributed by atoms with E-state index in [4.69, 9.17) is 0 Å². The van der Waals surface area contributed by atoms with Gasteiger partial charge >= 0.3 is 0 Å². The van der Waals surface area contributed by atoms with Gasteiger partial charge in [0.05, 0.1) is 33.7 Å². The lowest BCUT2D eigenvalue weighted by Gasteiger charge is -2.10. The largest absolute Gasteiger partial charge is 0.309 e. The predicted molar refractivity (Wildman–Crippen MR) is 165 cm³/mol. The van der Waals surface area contributed by atoms with Gasteiger partial charge in [0.15, 0.2) is 0 Å². The number of rotatable bonds is 3. The summed E-state index contributed by atoms with van der Waals surface area (Å²) >= 11 is 0. The van der Waals surface area contributed by atoms with Crippen molar-refractivity contribution >= 4 is 43.6 Å². The second-order valence-corrected chi connectivity index (χ2v) is 10.1. The van der Waals surface area contributed by atoms with E-state index in [1.54, 1.807) is 0 Å². The van der Waals surface area contributed by atoms with Crippen molar-refractivity contribution in [2.75, 3.05) is 0 Å². The molecule has 8 aromatic rings. The third-order valence-electron chi connectivity index (χ3n) is 7.93. The fourth-order valence-electron chi connectivity index (χ4n) is 6.23. The van der Waals surface area contributed by atoms with E-state index in [2.05, 4.69) is 137 Å². The Morgan fingerprint density at radius 3 is 1.85 bits per heavy atom. The van der Waals surface area contributed by atoms with Crippen LogP contribution in [0.15, 0.2) is 140 Å². The van der Waals surface area contributed by atoms with Gasteiger partial charge in [-0.15, -0.1) is 0 Å². The minimum Gasteiger partial charge on any atom is -0.309 e. The SMILES string of the molecule is N#Cc1ccc2c3c(-c4ccc5c(c4)c4ccccc4n5-c4ccccc4)cccc3n(-c3ccccc3)c2c1. The zero-order valence-corrected chi connectivity index (χ0v) is 21.6. The van der Waals surface area contributed by atoms with Gasteiger partial charge in [-0.3, -0.25) is 0 Å². The van der Waals surface area contributed by atoms with Gasteiger partial charge in [0.25, 0.3) is 0 Å². The molecule has 2 heterocycles. The van der Waals surface area contributed by atoms with Crippen LogP contribution in [-0.2, 0) is 0 Å². The maximum atomic E-state index is 9.68. The molecule has 186 valence electrons. The van der Waals surface area contributed by atoms with E-state index in [1.165, 1.54) is 38.3 Å². The van der Waals surface area contributed by atoms with Gasteiger partial charge in [-0.25, -0.2) is 0 Å². The van der Waals surface area contributed by atoms with E-state index in [0.29, 0.717) is 5.56 Å². The van der Waals surface area contributed by atoms with Crippen molar-refractivity contribution in [2.45, 2.75) is 0 Å². The quantitative estimate of drug-likeness (QED) is 0.233. The number of benzene rings is 6. The van der Waals surface area contributed by atoms with Crippen molar-refractivity contribution in [3.05, 3.63) is 145 Å². The highest BCUT2D eigenvalue weighted by atomic mass is 15.0. The zero-order chi connectivity index (χ0) is 26.6. The lowest BCUT2D eigenvalue weighted by atomic mass is 9.97. The highest BCUT2D eigenvalue weighted by Gasteiger charge is 2.18. The van der Waals surface area contributed by atoms with Crippen LogP contribution in [0.2, 0.25) is 0 Å². The molecule has 0 bridgehead atoms. The fourth-order valence-corrected chi connectivity index (χ4v) is 6.23. The number of aromatic nitrogens is 2. The van der Waals surface area contributed by atoms with Crippen molar-refractivity contribution in [3.8, 4) is 28.6 Å². The molecule has 0 atom stereocenters. The van der Waals surface area contributed by atoms with Gasteiger partial charge in [0, 0.05) is 32.9 Å². The Balaban J connectivity index is 1.45. The number of hydrogen-bond acceptors (Lipinski definition) is 1. The number of nitrogens with zero attached hydrogens (tertiary/aromatic N) is 3. The summed E-state index contributed by atoms with van der Waals surface area (Å²) in [6.45, 7) is 0. The summed E-state index contributed by atoms with van der Waals surface area (Å²) in [7, 11) is 0. The third-order valence-corrected chi connectivity index (χ3v) is 7.93. The summed E-state index contributed by atoms with van der Waals surface area (Å²) in [4.78, 5) is 0. The standard InChI is InChI=1S/C37H23N3/c38-24-25-18-20-31-36(22-25)40(28-12-5-2-6-13-28)35-17-9-15-29(37(31)35)26-19-21-34-32(23-26)30-14-7-8-16-33(30)39(34)27-10-3-1-4-11-27/h1-23H. The maximum absolute atomic E-state index is 9.68. The van der Waals surface area contributed by atoms with Crippen molar-refractivity contribution in [1.29, 1.82) is 5.26 Å². The van der Waals surface area contributed by atoms with Crippen LogP contribution < -0.4 is 0 Å². The Morgan fingerprint density at radius 1 is 0.450 bits per heavy atom. The van der Waals surface area contributed by atoms with Gasteiger partial charge in [-0.1, -0.05) is 78.9 Å². The van der Waals surface area contributed by atoms with E-state index in [0.717, 1.165) is 27.8 Å². The minimum absolute atomic E-state index is 0.657. The van der Waals surface area contributed by atoms with Crippen LogP contribution in [0.3, 0.4) is 0 Å². The fraction of sp³-hybridized carbons (Fsp3) is 0. The Kier molecular flexibility index (Phi) is 4.89. The van der Waals surface area contributed by atoms with Gasteiger partial charge in [-0.2, -0.15) is 5.26 Å². The molecule has 0 unspecified atom stereocenters. The smallest absolute Gasteiger partial charge is 0.0992 e. The molecule has 0 saturated heterocycles. The van der Waals surface area contributed by atoms with Crippen molar-refractivity contribution in [2.24, 2.45) is 0 Å². The zero-order valence-electron chi connectivity index (χ0n) is 21.6. The van der Waals surface area contributed by atoms with E-state index in [-0.39, 0.29) is 0 Å². The molecule has 0 radical (unpaired) electrons. The maximum Gasteiger partial charge on any atom is 0.0992 e. The van der Waals surface area contributed by atoms with Gasteiger partial charge in [-0.05, 0) is 71.8 Å². The van der Waals surface area contributed by atoms with Crippen LogP contribution >= 0.6 is 0 Å². The first kappa shape index (κ1) is 22.4. The van der Waals surface area contributed by atoms with E-state index >= 15 is 0 Å². The third kappa shape index (κ3) is 3.24. The highest BCUT2D eigenvalue weighted by molar-refractivity contribution is 6.17. The van der Waals surface area contributed by atoms with Crippen molar-refractivity contribution in [1.82, 2.24) is 9.13 Å². The Hall–Kier alpha value is -5.59.